The molecular formula is C20H26O5. The zero-order valence-electron chi connectivity index (χ0n) is 14.5. The summed E-state index contributed by atoms with van der Waals surface area (Å²) >= 11 is 0. The summed E-state index contributed by atoms with van der Waals surface area (Å²) in [4.78, 5) is 0. The van der Waals surface area contributed by atoms with Crippen molar-refractivity contribution in [3.05, 3.63) is 0 Å². The zero-order valence-corrected chi connectivity index (χ0v) is 14.5. The van der Waals surface area contributed by atoms with E-state index in [1.165, 1.54) is 25.7 Å². The highest BCUT2D eigenvalue weighted by molar-refractivity contribution is 5.23. The highest BCUT2D eigenvalue weighted by atomic mass is 16.7. The minimum absolute atomic E-state index is 0.117. The number of fused-ring (bicyclic) bond motifs is 4. The van der Waals surface area contributed by atoms with Gasteiger partial charge in [-0.1, -0.05) is 0 Å². The van der Waals surface area contributed by atoms with Crippen LogP contribution in [0.2, 0.25) is 0 Å². The van der Waals surface area contributed by atoms with Crippen LogP contribution in [0, 0.1) is 11.8 Å². The quantitative estimate of drug-likeness (QED) is 0.728. The normalized spacial score (nSPS) is 70.6. The summed E-state index contributed by atoms with van der Waals surface area (Å²) < 4.78 is 31.5. The third-order valence-electron chi connectivity index (χ3n) is 8.96. The zero-order chi connectivity index (χ0) is 16.0. The van der Waals surface area contributed by atoms with Crippen molar-refractivity contribution in [1.82, 2.24) is 0 Å². The topological polar surface area (TPSA) is 59.4 Å². The van der Waals surface area contributed by atoms with Crippen LogP contribution in [-0.2, 0) is 23.7 Å². The Kier molecular flexibility index (Phi) is 2.29. The van der Waals surface area contributed by atoms with E-state index < -0.39 is 0 Å². The number of hydrogen-bond acceptors (Lipinski definition) is 5. The Morgan fingerprint density at radius 1 is 0.560 bits per heavy atom. The molecule has 0 radical (unpaired) electrons. The van der Waals surface area contributed by atoms with E-state index in [0.717, 1.165) is 25.7 Å². The Morgan fingerprint density at radius 3 is 1.36 bits per heavy atom. The van der Waals surface area contributed by atoms with E-state index in [0.29, 0.717) is 60.7 Å². The number of rotatable bonds is 4. The van der Waals surface area contributed by atoms with Crippen LogP contribution in [0.25, 0.3) is 0 Å². The molecule has 4 aliphatic heterocycles. The Balaban J connectivity index is 1.20. The van der Waals surface area contributed by atoms with Crippen LogP contribution < -0.4 is 0 Å². The molecular weight excluding hydrogens is 320 g/mol. The van der Waals surface area contributed by atoms with Crippen LogP contribution in [-0.4, -0.2) is 60.0 Å². The smallest absolute Gasteiger partial charge is 0.113 e. The first-order valence-electron chi connectivity index (χ1n) is 10.6. The number of ether oxygens (including phenoxy) is 5. The maximum absolute atomic E-state index is 7.41. The molecule has 4 heterocycles. The SMILES string of the molecule is C1CC(C2(OC3(C4CCC5OC54)CCC4OC43)CCC3OC32)C2OC12. The lowest BCUT2D eigenvalue weighted by Crippen LogP contribution is -2.57. The molecule has 0 N–H and O–H groups in total. The molecule has 0 aromatic heterocycles. The summed E-state index contributed by atoms with van der Waals surface area (Å²) in [6, 6.07) is 0. The molecule has 4 saturated carbocycles. The van der Waals surface area contributed by atoms with Gasteiger partial charge in [-0.15, -0.1) is 0 Å². The Labute approximate surface area is 147 Å². The van der Waals surface area contributed by atoms with Crippen molar-refractivity contribution < 1.29 is 23.7 Å². The first kappa shape index (κ1) is 13.9. The Bertz CT molecular complexity index is 600. The Hall–Kier alpha value is -0.200. The van der Waals surface area contributed by atoms with E-state index in [1.54, 1.807) is 0 Å². The second-order valence-corrected chi connectivity index (χ2v) is 9.93. The van der Waals surface area contributed by atoms with Crippen LogP contribution in [0.3, 0.4) is 0 Å². The van der Waals surface area contributed by atoms with E-state index >= 15 is 0 Å². The summed E-state index contributed by atoms with van der Waals surface area (Å²) in [5, 5.41) is 0. The predicted octanol–water partition coefficient (Wildman–Crippen LogP) is 1.96. The second kappa shape index (κ2) is 4.12. The standard InChI is InChI=1S/C20H26O5/c1-3-11-15(21-11)9(1)19(7-5-13-17(19)23-13)25-20(8-6-14-18(20)24-14)10-2-4-12-16(10)22-12/h9-18H,1-8H2. The van der Waals surface area contributed by atoms with E-state index in [1.807, 2.05) is 0 Å². The molecule has 0 aromatic rings. The van der Waals surface area contributed by atoms with Crippen molar-refractivity contribution >= 4 is 0 Å². The van der Waals surface area contributed by atoms with Gasteiger partial charge < -0.3 is 23.7 Å². The lowest BCUT2D eigenvalue weighted by molar-refractivity contribution is -0.228. The highest BCUT2D eigenvalue weighted by Gasteiger charge is 2.76. The van der Waals surface area contributed by atoms with Gasteiger partial charge in [0.05, 0.1) is 36.6 Å². The molecule has 5 heteroatoms. The molecule has 4 saturated heterocycles. The molecule has 0 amide bonds. The maximum atomic E-state index is 7.41. The van der Waals surface area contributed by atoms with Crippen molar-refractivity contribution in [3.63, 3.8) is 0 Å². The van der Waals surface area contributed by atoms with Gasteiger partial charge in [0.2, 0.25) is 0 Å². The molecule has 25 heavy (non-hydrogen) atoms. The minimum Gasteiger partial charge on any atom is -0.369 e. The molecule has 0 aromatic carbocycles. The van der Waals surface area contributed by atoms with E-state index in [4.69, 9.17) is 23.7 Å². The third-order valence-corrected chi connectivity index (χ3v) is 8.96. The number of hydrogen-bond donors (Lipinski definition) is 0. The van der Waals surface area contributed by atoms with E-state index in [9.17, 15) is 0 Å². The fourth-order valence-electron chi connectivity index (χ4n) is 7.67. The van der Waals surface area contributed by atoms with E-state index in [-0.39, 0.29) is 11.2 Å². The summed E-state index contributed by atoms with van der Waals surface area (Å²) in [5.74, 6) is 1.06. The van der Waals surface area contributed by atoms with Gasteiger partial charge in [-0.05, 0) is 51.4 Å². The van der Waals surface area contributed by atoms with Crippen molar-refractivity contribution in [2.24, 2.45) is 11.8 Å². The van der Waals surface area contributed by atoms with Crippen LogP contribution >= 0.6 is 0 Å². The number of epoxide rings is 4. The first-order valence-corrected chi connectivity index (χ1v) is 10.6. The average Bonchev–Trinajstić information content (AvgIpc) is 3.55. The minimum atomic E-state index is -0.117. The van der Waals surface area contributed by atoms with Crippen molar-refractivity contribution in [2.75, 3.05) is 0 Å². The van der Waals surface area contributed by atoms with Gasteiger partial charge in [0.15, 0.2) is 0 Å². The average molecular weight is 346 g/mol. The molecule has 0 bridgehead atoms. The van der Waals surface area contributed by atoms with Crippen molar-refractivity contribution in [2.45, 2.75) is 111 Å². The molecule has 8 rings (SSSR count). The largest absolute Gasteiger partial charge is 0.369 e. The molecule has 0 spiro atoms. The van der Waals surface area contributed by atoms with Gasteiger partial charge in [-0.25, -0.2) is 0 Å². The molecule has 12 unspecified atom stereocenters. The predicted molar refractivity (Wildman–Crippen MR) is 85.1 cm³/mol. The van der Waals surface area contributed by atoms with Gasteiger partial charge in [-0.2, -0.15) is 0 Å². The fraction of sp³-hybridized carbons (Fsp3) is 1.00. The van der Waals surface area contributed by atoms with Crippen LogP contribution in [0.1, 0.15) is 51.4 Å². The molecule has 4 aliphatic carbocycles. The maximum Gasteiger partial charge on any atom is 0.113 e. The molecule has 5 nitrogen and oxygen atoms in total. The van der Waals surface area contributed by atoms with Gasteiger partial charge >= 0.3 is 0 Å². The summed E-state index contributed by atoms with van der Waals surface area (Å²) in [6.07, 6.45) is 13.0. The Morgan fingerprint density at radius 2 is 1.08 bits per heavy atom. The van der Waals surface area contributed by atoms with Gasteiger partial charge in [0.25, 0.3) is 0 Å². The van der Waals surface area contributed by atoms with Crippen molar-refractivity contribution in [3.8, 4) is 0 Å². The molecule has 8 fully saturated rings. The van der Waals surface area contributed by atoms with Gasteiger partial charge in [0.1, 0.15) is 23.4 Å². The van der Waals surface area contributed by atoms with Gasteiger partial charge in [0, 0.05) is 11.8 Å². The lowest BCUT2D eigenvalue weighted by atomic mass is 9.78. The molecule has 8 aliphatic rings. The monoisotopic (exact) mass is 346 g/mol. The third kappa shape index (κ3) is 1.61. The second-order valence-electron chi connectivity index (χ2n) is 9.93. The summed E-state index contributed by atoms with van der Waals surface area (Å²) in [5.41, 5.74) is -0.233. The molecule has 12 atom stereocenters. The molecule has 136 valence electrons. The summed E-state index contributed by atoms with van der Waals surface area (Å²) in [7, 11) is 0. The fourth-order valence-corrected chi connectivity index (χ4v) is 7.67. The van der Waals surface area contributed by atoms with Crippen molar-refractivity contribution in [1.29, 1.82) is 0 Å². The lowest BCUT2D eigenvalue weighted by Gasteiger charge is -2.47. The first-order chi connectivity index (χ1) is 12.3. The highest BCUT2D eigenvalue weighted by Crippen LogP contribution is 2.66. The van der Waals surface area contributed by atoms with Gasteiger partial charge in [-0.3, -0.25) is 0 Å². The summed E-state index contributed by atoms with van der Waals surface area (Å²) in [6.45, 7) is 0. The van der Waals surface area contributed by atoms with Crippen LogP contribution in [0.15, 0.2) is 0 Å². The van der Waals surface area contributed by atoms with Crippen LogP contribution in [0.5, 0.6) is 0 Å². The van der Waals surface area contributed by atoms with E-state index in [2.05, 4.69) is 0 Å². The van der Waals surface area contributed by atoms with Crippen LogP contribution in [0.4, 0.5) is 0 Å².